The van der Waals surface area contributed by atoms with E-state index >= 15 is 0 Å². The fraction of sp³-hybridized carbons (Fsp3) is 0.600. The minimum Gasteiger partial charge on any atom is -0.397 e. The minimum atomic E-state index is -3.55. The van der Waals surface area contributed by atoms with Crippen LogP contribution in [0.25, 0.3) is 0 Å². The molecule has 1 aliphatic rings. The molecule has 0 aliphatic carbocycles. The molecule has 0 spiro atoms. The summed E-state index contributed by atoms with van der Waals surface area (Å²) in [5.74, 6) is 0.366. The molecule has 1 aliphatic heterocycles. The van der Waals surface area contributed by atoms with E-state index in [1.165, 1.54) is 0 Å². The second kappa shape index (κ2) is 6.34. The number of likely N-dealkylation sites (tertiary alicyclic amines) is 1. The van der Waals surface area contributed by atoms with E-state index in [1.807, 2.05) is 13.0 Å². The zero-order valence-corrected chi connectivity index (χ0v) is 13.8. The normalized spacial score (nSPS) is 20.6. The van der Waals surface area contributed by atoms with Crippen molar-refractivity contribution in [1.29, 1.82) is 0 Å². The molecule has 1 aromatic rings. The Bertz CT molecular complexity index is 614. The molecule has 21 heavy (non-hydrogen) atoms. The molecule has 1 aromatic carbocycles. The van der Waals surface area contributed by atoms with Gasteiger partial charge in [-0.3, -0.25) is 0 Å². The van der Waals surface area contributed by atoms with E-state index in [-0.39, 0.29) is 4.90 Å². The highest BCUT2D eigenvalue weighted by Gasteiger charge is 2.24. The van der Waals surface area contributed by atoms with E-state index in [1.54, 1.807) is 13.0 Å². The van der Waals surface area contributed by atoms with Gasteiger partial charge in [0.15, 0.2) is 0 Å². The van der Waals surface area contributed by atoms with Crippen molar-refractivity contribution in [3.05, 3.63) is 23.3 Å². The van der Waals surface area contributed by atoms with Crippen LogP contribution in [0.15, 0.2) is 17.0 Å². The molecule has 1 fully saturated rings. The van der Waals surface area contributed by atoms with Crippen LogP contribution >= 0.6 is 0 Å². The van der Waals surface area contributed by atoms with Gasteiger partial charge in [0.1, 0.15) is 4.90 Å². The predicted molar refractivity (Wildman–Crippen MR) is 85.7 cm³/mol. The van der Waals surface area contributed by atoms with E-state index in [0.29, 0.717) is 23.7 Å². The van der Waals surface area contributed by atoms with Gasteiger partial charge < -0.3 is 10.6 Å². The number of anilines is 1. The summed E-state index contributed by atoms with van der Waals surface area (Å²) in [5.41, 5.74) is 7.80. The first-order chi connectivity index (χ1) is 9.81. The van der Waals surface area contributed by atoms with Gasteiger partial charge in [-0.25, -0.2) is 13.1 Å². The molecule has 0 aromatic heterocycles. The first kappa shape index (κ1) is 16.3. The van der Waals surface area contributed by atoms with Crippen LogP contribution in [0.1, 0.15) is 24.0 Å². The maximum Gasteiger partial charge on any atom is 0.242 e. The number of nitrogens with zero attached hydrogens (tertiary/aromatic N) is 1. The Labute approximate surface area is 127 Å². The van der Waals surface area contributed by atoms with Gasteiger partial charge in [0.25, 0.3) is 0 Å². The number of hydrogen-bond donors (Lipinski definition) is 2. The fourth-order valence-electron chi connectivity index (χ4n) is 2.90. The van der Waals surface area contributed by atoms with Crippen LogP contribution < -0.4 is 10.5 Å². The molecule has 3 N–H and O–H groups in total. The molecule has 0 saturated carbocycles. The van der Waals surface area contributed by atoms with Gasteiger partial charge in [-0.05, 0) is 57.3 Å². The summed E-state index contributed by atoms with van der Waals surface area (Å²) in [6, 6.07) is 3.65. The molecule has 1 saturated heterocycles. The summed E-state index contributed by atoms with van der Waals surface area (Å²) < 4.78 is 27.8. The van der Waals surface area contributed by atoms with Gasteiger partial charge in [-0.15, -0.1) is 0 Å². The second-order valence-corrected chi connectivity index (χ2v) is 7.77. The van der Waals surface area contributed by atoms with Gasteiger partial charge in [0.05, 0.1) is 5.69 Å². The Hall–Kier alpha value is -1.11. The lowest BCUT2D eigenvalue weighted by atomic mass is 9.99. The highest BCUT2D eigenvalue weighted by Crippen LogP contribution is 2.26. The first-order valence-corrected chi connectivity index (χ1v) is 8.83. The van der Waals surface area contributed by atoms with E-state index in [2.05, 4.69) is 16.7 Å². The Morgan fingerprint density at radius 1 is 1.33 bits per heavy atom. The van der Waals surface area contributed by atoms with Crippen LogP contribution in [0.4, 0.5) is 5.69 Å². The number of hydrogen-bond acceptors (Lipinski definition) is 4. The number of nitrogens with one attached hydrogen (secondary N) is 1. The quantitative estimate of drug-likeness (QED) is 0.827. The standard InChI is InChI=1S/C15H25N3O2S/c1-11-6-7-12(2)15(14(11)16)21(19,20)17-9-13-5-4-8-18(3)10-13/h6-7,13,17H,4-5,8-10,16H2,1-3H3. The lowest BCUT2D eigenvalue weighted by molar-refractivity contribution is 0.211. The third-order valence-corrected chi connectivity index (χ3v) is 5.79. The Morgan fingerprint density at radius 3 is 2.67 bits per heavy atom. The molecule has 1 atom stereocenters. The van der Waals surface area contributed by atoms with E-state index in [0.717, 1.165) is 31.5 Å². The number of nitrogen functional groups attached to an aromatic ring is 1. The molecule has 118 valence electrons. The predicted octanol–water partition coefficient (Wildman–Crippen LogP) is 1.51. The maximum absolute atomic E-state index is 12.5. The largest absolute Gasteiger partial charge is 0.397 e. The summed E-state index contributed by atoms with van der Waals surface area (Å²) in [6.45, 7) is 6.10. The van der Waals surface area contributed by atoms with Crippen molar-refractivity contribution in [3.63, 3.8) is 0 Å². The van der Waals surface area contributed by atoms with Crippen LogP contribution in [0.5, 0.6) is 0 Å². The smallest absolute Gasteiger partial charge is 0.242 e. The van der Waals surface area contributed by atoms with E-state index in [4.69, 9.17) is 5.73 Å². The molecule has 6 heteroatoms. The van der Waals surface area contributed by atoms with E-state index < -0.39 is 10.0 Å². The highest BCUT2D eigenvalue weighted by molar-refractivity contribution is 7.89. The first-order valence-electron chi connectivity index (χ1n) is 7.35. The second-order valence-electron chi connectivity index (χ2n) is 6.06. The van der Waals surface area contributed by atoms with E-state index in [9.17, 15) is 8.42 Å². The maximum atomic E-state index is 12.5. The highest BCUT2D eigenvalue weighted by atomic mass is 32.2. The molecule has 1 unspecified atom stereocenters. The Morgan fingerprint density at radius 2 is 2.00 bits per heavy atom. The molecule has 1 heterocycles. The SMILES string of the molecule is Cc1ccc(C)c(S(=O)(=O)NCC2CCCN(C)C2)c1N. The number of piperidine rings is 1. The monoisotopic (exact) mass is 311 g/mol. The summed E-state index contributed by atoms with van der Waals surface area (Å²) >= 11 is 0. The Kier molecular flexibility index (Phi) is 4.91. The summed E-state index contributed by atoms with van der Waals surface area (Å²) in [4.78, 5) is 2.47. The molecule has 5 nitrogen and oxygen atoms in total. The average Bonchev–Trinajstić information content (AvgIpc) is 2.41. The lowest BCUT2D eigenvalue weighted by Crippen LogP contribution is -2.39. The average molecular weight is 311 g/mol. The lowest BCUT2D eigenvalue weighted by Gasteiger charge is -2.29. The number of aryl methyl sites for hydroxylation is 2. The number of benzene rings is 1. The van der Waals surface area contributed by atoms with Crippen molar-refractivity contribution in [2.24, 2.45) is 5.92 Å². The number of sulfonamides is 1. The van der Waals surface area contributed by atoms with Gasteiger partial charge in [-0.2, -0.15) is 0 Å². The van der Waals surface area contributed by atoms with Gasteiger partial charge in [0, 0.05) is 13.1 Å². The third-order valence-electron chi connectivity index (χ3n) is 4.16. The molecule has 0 bridgehead atoms. The zero-order valence-electron chi connectivity index (χ0n) is 13.0. The molecule has 0 amide bonds. The third kappa shape index (κ3) is 3.75. The zero-order chi connectivity index (χ0) is 15.6. The molecule has 0 radical (unpaired) electrons. The molecule has 2 rings (SSSR count). The van der Waals surface area contributed by atoms with Crippen LogP contribution in [0.2, 0.25) is 0 Å². The van der Waals surface area contributed by atoms with Crippen molar-refractivity contribution in [1.82, 2.24) is 9.62 Å². The van der Waals surface area contributed by atoms with Crippen molar-refractivity contribution in [2.75, 3.05) is 32.4 Å². The van der Waals surface area contributed by atoms with Crippen molar-refractivity contribution in [3.8, 4) is 0 Å². The van der Waals surface area contributed by atoms with Gasteiger partial charge in [-0.1, -0.05) is 12.1 Å². The summed E-state index contributed by atoms with van der Waals surface area (Å²) in [7, 11) is -1.48. The summed E-state index contributed by atoms with van der Waals surface area (Å²) in [5, 5.41) is 0. The molecular formula is C15H25N3O2S. The van der Waals surface area contributed by atoms with Crippen molar-refractivity contribution in [2.45, 2.75) is 31.6 Å². The molecular weight excluding hydrogens is 286 g/mol. The van der Waals surface area contributed by atoms with Gasteiger partial charge >= 0.3 is 0 Å². The Balaban J connectivity index is 2.14. The summed E-state index contributed by atoms with van der Waals surface area (Å²) in [6.07, 6.45) is 2.18. The minimum absolute atomic E-state index is 0.228. The van der Waals surface area contributed by atoms with Crippen molar-refractivity contribution >= 4 is 15.7 Å². The number of rotatable bonds is 4. The fourth-order valence-corrected chi connectivity index (χ4v) is 4.45. The van der Waals surface area contributed by atoms with Crippen LogP contribution in [0.3, 0.4) is 0 Å². The van der Waals surface area contributed by atoms with Crippen LogP contribution in [0, 0.1) is 19.8 Å². The van der Waals surface area contributed by atoms with Crippen LogP contribution in [-0.4, -0.2) is 40.0 Å². The van der Waals surface area contributed by atoms with Crippen molar-refractivity contribution < 1.29 is 8.42 Å². The topological polar surface area (TPSA) is 75.4 Å². The number of nitrogens with two attached hydrogens (primary N) is 1. The van der Waals surface area contributed by atoms with Gasteiger partial charge in [0.2, 0.25) is 10.0 Å². The van der Waals surface area contributed by atoms with Crippen LogP contribution in [-0.2, 0) is 10.0 Å².